The maximum Gasteiger partial charge on any atom is 0.138 e. The van der Waals surface area contributed by atoms with Crippen LogP contribution in [0.3, 0.4) is 0 Å². The summed E-state index contributed by atoms with van der Waals surface area (Å²) in [6, 6.07) is 19.1. The van der Waals surface area contributed by atoms with Crippen molar-refractivity contribution >= 4 is 28.6 Å². The van der Waals surface area contributed by atoms with Crippen LogP contribution in [0, 0.1) is 5.82 Å². The Kier molecular flexibility index (Phi) is 6.44. The highest BCUT2D eigenvalue weighted by Gasteiger charge is 2.35. The number of hydrogen-bond acceptors (Lipinski definition) is 4. The summed E-state index contributed by atoms with van der Waals surface area (Å²) in [5, 5.41) is 11.3. The number of imidazole rings is 1. The third-order valence-corrected chi connectivity index (χ3v) is 6.92. The van der Waals surface area contributed by atoms with Crippen molar-refractivity contribution in [2.45, 2.75) is 38.3 Å². The molecule has 1 aliphatic rings. The molecule has 3 N–H and O–H groups in total. The van der Waals surface area contributed by atoms with Gasteiger partial charge in [0.15, 0.2) is 0 Å². The van der Waals surface area contributed by atoms with Crippen molar-refractivity contribution in [1.82, 2.24) is 14.7 Å². The van der Waals surface area contributed by atoms with Crippen molar-refractivity contribution in [3.8, 4) is 0 Å². The fourth-order valence-electron chi connectivity index (χ4n) is 4.89. The summed E-state index contributed by atoms with van der Waals surface area (Å²) in [5.74, 6) is -0.156. The lowest BCUT2D eigenvalue weighted by atomic mass is 9.81. The Morgan fingerprint density at radius 2 is 1.79 bits per heavy atom. The Morgan fingerprint density at radius 1 is 1.06 bits per heavy atom. The largest absolute Gasteiger partial charge is 0.379 e. The summed E-state index contributed by atoms with van der Waals surface area (Å²) < 4.78 is 16.8. The minimum Gasteiger partial charge on any atom is -0.379 e. The fraction of sp³-hybridized carbons (Fsp3) is 0.296. The van der Waals surface area contributed by atoms with E-state index in [0.29, 0.717) is 11.6 Å². The first-order valence-corrected chi connectivity index (χ1v) is 12.2. The Bertz CT molecular complexity index is 1280. The highest BCUT2D eigenvalue weighted by atomic mass is 35.5. The van der Waals surface area contributed by atoms with Crippen LogP contribution in [0.15, 0.2) is 66.9 Å². The van der Waals surface area contributed by atoms with Gasteiger partial charge in [0.05, 0.1) is 23.5 Å². The lowest BCUT2D eigenvalue weighted by molar-refractivity contribution is 0.335. The Hall–Kier alpha value is -3.09. The van der Waals surface area contributed by atoms with Crippen molar-refractivity contribution in [2.75, 3.05) is 23.7 Å². The van der Waals surface area contributed by atoms with Crippen LogP contribution in [0.1, 0.15) is 36.7 Å². The van der Waals surface area contributed by atoms with Crippen LogP contribution in [0.2, 0.25) is 5.02 Å². The predicted octanol–water partition coefficient (Wildman–Crippen LogP) is 5.99. The number of aromatic nitrogens is 2. The van der Waals surface area contributed by atoms with E-state index in [1.165, 1.54) is 0 Å². The summed E-state index contributed by atoms with van der Waals surface area (Å²) in [4.78, 5) is 4.72. The van der Waals surface area contributed by atoms with Gasteiger partial charge >= 0.3 is 0 Å². The van der Waals surface area contributed by atoms with Gasteiger partial charge in [-0.15, -0.1) is 0 Å². The van der Waals surface area contributed by atoms with E-state index in [4.69, 9.17) is 16.6 Å². The molecule has 4 aromatic rings. The number of piperidine rings is 1. The molecular formula is C27H29ClFN5. The lowest BCUT2D eigenvalue weighted by Gasteiger charge is -2.40. The molecule has 0 unspecified atom stereocenters. The number of nitrogens with zero attached hydrogens (tertiary/aromatic N) is 2. The van der Waals surface area contributed by atoms with Crippen molar-refractivity contribution < 1.29 is 4.39 Å². The molecule has 0 atom stereocenters. The topological polar surface area (TPSA) is 53.4 Å². The molecule has 0 aliphatic carbocycles. The molecule has 0 bridgehead atoms. The van der Waals surface area contributed by atoms with Crippen LogP contribution < -0.4 is 16.0 Å². The van der Waals surface area contributed by atoms with Crippen LogP contribution in [-0.2, 0) is 18.5 Å². The SMILES string of the molecule is CCc1nc2cc(Cl)ccn2c1CNc1ccc(NC2(c3ccccc3F)CCNCC2)cc1. The van der Waals surface area contributed by atoms with Gasteiger partial charge in [0.25, 0.3) is 0 Å². The van der Waals surface area contributed by atoms with Crippen molar-refractivity contribution in [3.05, 3.63) is 94.7 Å². The second-order valence-corrected chi connectivity index (χ2v) is 9.24. The van der Waals surface area contributed by atoms with Gasteiger partial charge in [-0.3, -0.25) is 0 Å². The number of fused-ring (bicyclic) bond motifs is 1. The number of nitrogens with one attached hydrogen (secondary N) is 3. The Labute approximate surface area is 204 Å². The quantitative estimate of drug-likeness (QED) is 0.306. The maximum absolute atomic E-state index is 14.7. The first-order valence-electron chi connectivity index (χ1n) is 11.8. The van der Waals surface area contributed by atoms with Gasteiger partial charge in [-0.2, -0.15) is 0 Å². The summed E-state index contributed by atoms with van der Waals surface area (Å²) >= 11 is 6.14. The molecule has 0 spiro atoms. The number of pyridine rings is 1. The van der Waals surface area contributed by atoms with E-state index in [1.807, 2.05) is 30.5 Å². The van der Waals surface area contributed by atoms with E-state index in [2.05, 4.69) is 51.5 Å². The fourth-order valence-corrected chi connectivity index (χ4v) is 5.04. The van der Waals surface area contributed by atoms with Gasteiger partial charge in [-0.25, -0.2) is 9.37 Å². The number of halogens is 2. The van der Waals surface area contributed by atoms with Crippen molar-refractivity contribution in [1.29, 1.82) is 0 Å². The van der Waals surface area contributed by atoms with Crippen LogP contribution in [0.4, 0.5) is 15.8 Å². The monoisotopic (exact) mass is 477 g/mol. The molecular weight excluding hydrogens is 449 g/mol. The zero-order valence-electron chi connectivity index (χ0n) is 19.2. The van der Waals surface area contributed by atoms with Gasteiger partial charge in [0.1, 0.15) is 11.5 Å². The third-order valence-electron chi connectivity index (χ3n) is 6.68. The minimum absolute atomic E-state index is 0.156. The van der Waals surface area contributed by atoms with Gasteiger partial charge in [0.2, 0.25) is 0 Å². The van der Waals surface area contributed by atoms with Crippen LogP contribution in [0.25, 0.3) is 5.65 Å². The molecule has 2 aromatic carbocycles. The van der Waals surface area contributed by atoms with Crippen molar-refractivity contribution in [2.24, 2.45) is 0 Å². The molecule has 1 saturated heterocycles. The minimum atomic E-state index is -0.417. The smallest absolute Gasteiger partial charge is 0.138 e. The lowest BCUT2D eigenvalue weighted by Crippen LogP contribution is -2.45. The Balaban J connectivity index is 1.33. The average molecular weight is 478 g/mol. The Morgan fingerprint density at radius 3 is 2.53 bits per heavy atom. The summed E-state index contributed by atoms with van der Waals surface area (Å²) in [6.07, 6.45) is 4.47. The second kappa shape index (κ2) is 9.65. The van der Waals surface area contributed by atoms with Crippen LogP contribution in [-0.4, -0.2) is 22.5 Å². The summed E-state index contributed by atoms with van der Waals surface area (Å²) in [5.41, 5.74) is 5.37. The van der Waals surface area contributed by atoms with E-state index < -0.39 is 5.54 Å². The molecule has 3 heterocycles. The van der Waals surface area contributed by atoms with Gasteiger partial charge in [-0.1, -0.05) is 36.7 Å². The van der Waals surface area contributed by atoms with Gasteiger partial charge in [-0.05, 0) is 68.8 Å². The molecule has 1 aliphatic heterocycles. The first kappa shape index (κ1) is 22.7. The molecule has 176 valence electrons. The van der Waals surface area contributed by atoms with E-state index in [9.17, 15) is 4.39 Å². The molecule has 0 saturated carbocycles. The van der Waals surface area contributed by atoms with E-state index >= 15 is 0 Å². The second-order valence-electron chi connectivity index (χ2n) is 8.80. The highest BCUT2D eigenvalue weighted by Crippen LogP contribution is 2.36. The number of rotatable bonds is 7. The van der Waals surface area contributed by atoms with E-state index in [-0.39, 0.29) is 5.82 Å². The molecule has 2 aromatic heterocycles. The molecule has 7 heteroatoms. The van der Waals surface area contributed by atoms with Crippen LogP contribution >= 0.6 is 11.6 Å². The highest BCUT2D eigenvalue weighted by molar-refractivity contribution is 6.30. The number of anilines is 2. The number of benzene rings is 2. The number of hydrogen-bond donors (Lipinski definition) is 3. The molecule has 0 radical (unpaired) electrons. The number of aryl methyl sites for hydroxylation is 1. The van der Waals surface area contributed by atoms with Gasteiger partial charge in [0, 0.05) is 34.2 Å². The van der Waals surface area contributed by atoms with E-state index in [1.54, 1.807) is 12.1 Å². The van der Waals surface area contributed by atoms with E-state index in [0.717, 1.165) is 66.3 Å². The van der Waals surface area contributed by atoms with Crippen LogP contribution in [0.5, 0.6) is 0 Å². The molecule has 0 amide bonds. The summed E-state index contributed by atoms with van der Waals surface area (Å²) in [7, 11) is 0. The first-order chi connectivity index (χ1) is 16.6. The zero-order chi connectivity index (χ0) is 23.5. The average Bonchev–Trinajstić information content (AvgIpc) is 3.21. The molecule has 5 nitrogen and oxygen atoms in total. The molecule has 5 rings (SSSR count). The predicted molar refractivity (Wildman–Crippen MR) is 137 cm³/mol. The molecule has 1 fully saturated rings. The molecule has 34 heavy (non-hydrogen) atoms. The summed E-state index contributed by atoms with van der Waals surface area (Å²) in [6.45, 7) is 4.47. The third kappa shape index (κ3) is 4.48. The maximum atomic E-state index is 14.7. The van der Waals surface area contributed by atoms with Gasteiger partial charge < -0.3 is 20.4 Å². The van der Waals surface area contributed by atoms with Crippen molar-refractivity contribution in [3.63, 3.8) is 0 Å². The zero-order valence-corrected chi connectivity index (χ0v) is 20.0. The standard InChI is InChI=1S/C27H29ClFN5/c1-2-24-25(34-16-11-19(28)17-26(34)32-24)18-31-20-7-9-21(10-8-20)33-27(12-14-30-15-13-27)22-5-3-4-6-23(22)29/h3-11,16-17,30-31,33H,2,12-15,18H2,1H3. The normalized spacial score (nSPS) is 15.4.